The molecule has 118 valence electrons. The van der Waals surface area contributed by atoms with Crippen molar-refractivity contribution in [3.05, 3.63) is 41.1 Å². The fourth-order valence-electron chi connectivity index (χ4n) is 2.54. The Kier molecular flexibility index (Phi) is 5.20. The fourth-order valence-corrected chi connectivity index (χ4v) is 2.54. The molecular formula is C17H23N3O2. The van der Waals surface area contributed by atoms with E-state index in [4.69, 9.17) is 4.74 Å². The highest BCUT2D eigenvalue weighted by Crippen LogP contribution is 2.21. The number of aryl methyl sites for hydroxylation is 2. The van der Waals surface area contributed by atoms with E-state index in [1.54, 1.807) is 11.8 Å². The molecule has 0 spiro atoms. The Labute approximate surface area is 131 Å². The van der Waals surface area contributed by atoms with Crippen molar-refractivity contribution in [1.82, 2.24) is 9.78 Å². The summed E-state index contributed by atoms with van der Waals surface area (Å²) in [7, 11) is 3.49. The molecule has 5 nitrogen and oxygen atoms in total. The monoisotopic (exact) mass is 301 g/mol. The van der Waals surface area contributed by atoms with Crippen LogP contribution in [0.15, 0.2) is 24.3 Å². The Morgan fingerprint density at radius 1 is 1.23 bits per heavy atom. The molecule has 0 aliphatic carbocycles. The van der Waals surface area contributed by atoms with Crippen LogP contribution in [0.5, 0.6) is 5.75 Å². The van der Waals surface area contributed by atoms with Gasteiger partial charge in [0.1, 0.15) is 11.6 Å². The highest BCUT2D eigenvalue weighted by atomic mass is 16.5. The maximum absolute atomic E-state index is 12.3. The molecule has 2 rings (SSSR count). The minimum atomic E-state index is -0.0366. The van der Waals surface area contributed by atoms with Crippen LogP contribution in [-0.4, -0.2) is 22.8 Å². The van der Waals surface area contributed by atoms with E-state index >= 15 is 0 Å². The molecule has 0 saturated heterocycles. The number of nitrogens with one attached hydrogen (secondary N) is 1. The smallest absolute Gasteiger partial charge is 0.229 e. The molecular weight excluding hydrogens is 278 g/mol. The number of anilines is 1. The molecule has 0 aliphatic rings. The largest absolute Gasteiger partial charge is 0.497 e. The second kappa shape index (κ2) is 7.11. The van der Waals surface area contributed by atoms with Crippen molar-refractivity contribution in [3.63, 3.8) is 0 Å². The van der Waals surface area contributed by atoms with E-state index in [-0.39, 0.29) is 5.91 Å². The Morgan fingerprint density at radius 3 is 2.45 bits per heavy atom. The zero-order valence-electron chi connectivity index (χ0n) is 13.6. The average molecular weight is 301 g/mol. The van der Waals surface area contributed by atoms with Gasteiger partial charge in [0.25, 0.3) is 0 Å². The Hall–Kier alpha value is -2.30. The summed E-state index contributed by atoms with van der Waals surface area (Å²) in [6.45, 7) is 4.15. The third kappa shape index (κ3) is 3.47. The van der Waals surface area contributed by atoms with Gasteiger partial charge in [-0.25, -0.2) is 0 Å². The Morgan fingerprint density at radius 2 is 1.91 bits per heavy atom. The third-order valence-electron chi connectivity index (χ3n) is 3.70. The standard InChI is InChI=1S/C17H23N3O2/c1-5-14-15(6-2)19-20(3)17(14)18-16(21)11-12-7-9-13(22-4)10-8-12/h7-10H,5-6,11H2,1-4H3,(H,18,21). The number of benzene rings is 1. The summed E-state index contributed by atoms with van der Waals surface area (Å²) in [6.07, 6.45) is 2.06. The minimum absolute atomic E-state index is 0.0366. The summed E-state index contributed by atoms with van der Waals surface area (Å²) in [4.78, 5) is 12.3. The predicted molar refractivity (Wildman–Crippen MR) is 87.3 cm³/mol. The van der Waals surface area contributed by atoms with Crippen molar-refractivity contribution in [1.29, 1.82) is 0 Å². The Balaban J connectivity index is 2.10. The first-order valence-corrected chi connectivity index (χ1v) is 7.56. The molecule has 0 saturated carbocycles. The molecule has 0 aliphatic heterocycles. The molecule has 1 heterocycles. The summed E-state index contributed by atoms with van der Waals surface area (Å²) in [5.74, 6) is 1.56. The molecule has 22 heavy (non-hydrogen) atoms. The molecule has 0 unspecified atom stereocenters. The molecule has 1 aromatic heterocycles. The van der Waals surface area contributed by atoms with E-state index in [2.05, 4.69) is 24.3 Å². The van der Waals surface area contributed by atoms with Crippen LogP contribution in [-0.2, 0) is 31.1 Å². The topological polar surface area (TPSA) is 56.2 Å². The number of hydrogen-bond donors (Lipinski definition) is 1. The number of aromatic nitrogens is 2. The van der Waals surface area contributed by atoms with Gasteiger partial charge in [-0.1, -0.05) is 26.0 Å². The van der Waals surface area contributed by atoms with Gasteiger partial charge in [0, 0.05) is 12.6 Å². The second-order valence-corrected chi connectivity index (χ2v) is 5.18. The second-order valence-electron chi connectivity index (χ2n) is 5.18. The van der Waals surface area contributed by atoms with Crippen molar-refractivity contribution < 1.29 is 9.53 Å². The van der Waals surface area contributed by atoms with Gasteiger partial charge in [0.05, 0.1) is 19.2 Å². The Bertz CT molecular complexity index is 645. The third-order valence-corrected chi connectivity index (χ3v) is 3.70. The van der Waals surface area contributed by atoms with Crippen LogP contribution in [0, 0.1) is 0 Å². The molecule has 0 atom stereocenters. The highest BCUT2D eigenvalue weighted by Gasteiger charge is 2.15. The molecule has 1 N–H and O–H groups in total. The zero-order chi connectivity index (χ0) is 16.1. The van der Waals surface area contributed by atoms with E-state index in [0.717, 1.165) is 41.2 Å². The lowest BCUT2D eigenvalue weighted by atomic mass is 10.1. The minimum Gasteiger partial charge on any atom is -0.497 e. The van der Waals surface area contributed by atoms with Crippen LogP contribution >= 0.6 is 0 Å². The molecule has 5 heteroatoms. The lowest BCUT2D eigenvalue weighted by molar-refractivity contribution is -0.115. The number of ether oxygens (including phenoxy) is 1. The SMILES string of the molecule is CCc1nn(C)c(NC(=O)Cc2ccc(OC)cc2)c1CC. The van der Waals surface area contributed by atoms with E-state index < -0.39 is 0 Å². The first kappa shape index (κ1) is 16.1. The van der Waals surface area contributed by atoms with E-state index in [0.29, 0.717) is 6.42 Å². The van der Waals surface area contributed by atoms with Gasteiger partial charge in [-0.2, -0.15) is 5.10 Å². The van der Waals surface area contributed by atoms with Crippen LogP contribution in [0.1, 0.15) is 30.7 Å². The number of carbonyl (C=O) groups is 1. The first-order chi connectivity index (χ1) is 10.6. The van der Waals surface area contributed by atoms with E-state index in [1.165, 1.54) is 0 Å². The van der Waals surface area contributed by atoms with E-state index in [9.17, 15) is 4.79 Å². The van der Waals surface area contributed by atoms with Gasteiger partial charge in [-0.15, -0.1) is 0 Å². The summed E-state index contributed by atoms with van der Waals surface area (Å²) >= 11 is 0. The van der Waals surface area contributed by atoms with Gasteiger partial charge < -0.3 is 10.1 Å². The first-order valence-electron chi connectivity index (χ1n) is 7.56. The average Bonchev–Trinajstić information content (AvgIpc) is 2.83. The van der Waals surface area contributed by atoms with Gasteiger partial charge in [0.15, 0.2) is 0 Å². The van der Waals surface area contributed by atoms with Crippen molar-refractivity contribution in [2.45, 2.75) is 33.1 Å². The molecule has 0 radical (unpaired) electrons. The maximum atomic E-state index is 12.3. The maximum Gasteiger partial charge on any atom is 0.229 e. The van der Waals surface area contributed by atoms with Crippen molar-refractivity contribution in [2.24, 2.45) is 7.05 Å². The van der Waals surface area contributed by atoms with Gasteiger partial charge >= 0.3 is 0 Å². The summed E-state index contributed by atoms with van der Waals surface area (Å²) < 4.78 is 6.87. The van der Waals surface area contributed by atoms with Gasteiger partial charge in [-0.3, -0.25) is 9.48 Å². The number of hydrogen-bond acceptors (Lipinski definition) is 3. The quantitative estimate of drug-likeness (QED) is 0.892. The van der Waals surface area contributed by atoms with Crippen molar-refractivity contribution in [3.8, 4) is 5.75 Å². The van der Waals surface area contributed by atoms with Crippen LogP contribution in [0.25, 0.3) is 0 Å². The van der Waals surface area contributed by atoms with Crippen molar-refractivity contribution >= 4 is 11.7 Å². The fraction of sp³-hybridized carbons (Fsp3) is 0.412. The number of methoxy groups -OCH3 is 1. The summed E-state index contributed by atoms with van der Waals surface area (Å²) in [5, 5.41) is 7.46. The highest BCUT2D eigenvalue weighted by molar-refractivity contribution is 5.92. The van der Waals surface area contributed by atoms with Crippen LogP contribution < -0.4 is 10.1 Å². The summed E-state index contributed by atoms with van der Waals surface area (Å²) in [5.41, 5.74) is 3.12. The molecule has 2 aromatic rings. The van der Waals surface area contributed by atoms with Gasteiger partial charge in [0.2, 0.25) is 5.91 Å². The molecule has 1 amide bonds. The lowest BCUT2D eigenvalue weighted by Crippen LogP contribution is -2.17. The molecule has 0 bridgehead atoms. The normalized spacial score (nSPS) is 10.5. The van der Waals surface area contributed by atoms with Crippen molar-refractivity contribution in [2.75, 3.05) is 12.4 Å². The van der Waals surface area contributed by atoms with Gasteiger partial charge in [-0.05, 0) is 30.5 Å². The van der Waals surface area contributed by atoms with E-state index in [1.807, 2.05) is 31.3 Å². The van der Waals surface area contributed by atoms with Crippen LogP contribution in [0.2, 0.25) is 0 Å². The number of rotatable bonds is 6. The van der Waals surface area contributed by atoms with Crippen LogP contribution in [0.3, 0.4) is 0 Å². The summed E-state index contributed by atoms with van der Waals surface area (Å²) in [6, 6.07) is 7.53. The zero-order valence-corrected chi connectivity index (χ0v) is 13.6. The number of carbonyl (C=O) groups excluding carboxylic acids is 1. The predicted octanol–water partition coefficient (Wildman–Crippen LogP) is 2.73. The van der Waals surface area contributed by atoms with Crippen LogP contribution in [0.4, 0.5) is 5.82 Å². The number of amides is 1. The number of nitrogens with zero attached hydrogens (tertiary/aromatic N) is 2. The lowest BCUT2D eigenvalue weighted by Gasteiger charge is -2.08. The molecule has 1 aromatic carbocycles. The molecule has 0 fully saturated rings.